The van der Waals surface area contributed by atoms with E-state index >= 15 is 0 Å². The lowest BCUT2D eigenvalue weighted by atomic mass is 10.1. The summed E-state index contributed by atoms with van der Waals surface area (Å²) in [5, 5.41) is 0. The number of rotatable bonds is 2. The highest BCUT2D eigenvalue weighted by Crippen LogP contribution is 2.26. The average molecular weight is 298 g/mol. The van der Waals surface area contributed by atoms with E-state index in [1.54, 1.807) is 0 Å². The number of likely N-dealkylation sites (N-methyl/N-ethyl adjacent to an activating group) is 1. The second kappa shape index (κ2) is 5.38. The summed E-state index contributed by atoms with van der Waals surface area (Å²) < 4.78 is 1.11. The summed E-state index contributed by atoms with van der Waals surface area (Å²) in [5.74, 6) is 0. The Hall–Kier alpha value is -0.580. The Bertz CT molecular complexity index is 394. The predicted octanol–water partition coefficient (Wildman–Crippen LogP) is 2.05. The second-order valence-electron chi connectivity index (χ2n) is 4.78. The van der Waals surface area contributed by atoms with Crippen molar-refractivity contribution in [3.63, 3.8) is 0 Å². The van der Waals surface area contributed by atoms with Crippen LogP contribution in [0.25, 0.3) is 0 Å². The van der Waals surface area contributed by atoms with Gasteiger partial charge in [0, 0.05) is 42.4 Å². The number of hydrogen-bond donors (Lipinski definition) is 1. The first-order valence-corrected chi connectivity index (χ1v) is 6.85. The SMILES string of the molecule is CC1CN(C)CCN1c1ccc(CN)c(Br)c1. The van der Waals surface area contributed by atoms with E-state index in [-0.39, 0.29) is 0 Å². The zero-order valence-corrected chi connectivity index (χ0v) is 12.1. The molecule has 0 bridgehead atoms. The number of anilines is 1. The number of nitrogens with two attached hydrogens (primary N) is 1. The lowest BCUT2D eigenvalue weighted by Crippen LogP contribution is -2.50. The van der Waals surface area contributed by atoms with Gasteiger partial charge in [-0.2, -0.15) is 0 Å². The number of hydrogen-bond acceptors (Lipinski definition) is 3. The topological polar surface area (TPSA) is 32.5 Å². The molecule has 0 aliphatic carbocycles. The summed E-state index contributed by atoms with van der Waals surface area (Å²) in [6.07, 6.45) is 0. The van der Waals surface area contributed by atoms with Gasteiger partial charge < -0.3 is 15.5 Å². The van der Waals surface area contributed by atoms with Gasteiger partial charge in [-0.1, -0.05) is 22.0 Å². The van der Waals surface area contributed by atoms with Gasteiger partial charge in [0.1, 0.15) is 0 Å². The van der Waals surface area contributed by atoms with Gasteiger partial charge in [0.25, 0.3) is 0 Å². The Labute approximate surface area is 112 Å². The summed E-state index contributed by atoms with van der Waals surface area (Å²) in [6, 6.07) is 7.04. The van der Waals surface area contributed by atoms with Crippen LogP contribution in [0.2, 0.25) is 0 Å². The highest BCUT2D eigenvalue weighted by Gasteiger charge is 2.21. The molecular formula is C13H20BrN3. The van der Waals surface area contributed by atoms with Crippen molar-refractivity contribution < 1.29 is 0 Å². The van der Waals surface area contributed by atoms with Gasteiger partial charge in [0.15, 0.2) is 0 Å². The van der Waals surface area contributed by atoms with Crippen molar-refractivity contribution >= 4 is 21.6 Å². The minimum absolute atomic E-state index is 0.560. The van der Waals surface area contributed by atoms with Crippen molar-refractivity contribution in [2.45, 2.75) is 19.5 Å². The van der Waals surface area contributed by atoms with E-state index < -0.39 is 0 Å². The van der Waals surface area contributed by atoms with Crippen LogP contribution >= 0.6 is 15.9 Å². The lowest BCUT2D eigenvalue weighted by molar-refractivity contribution is 0.275. The fourth-order valence-corrected chi connectivity index (χ4v) is 2.93. The van der Waals surface area contributed by atoms with Crippen molar-refractivity contribution in [3.05, 3.63) is 28.2 Å². The maximum Gasteiger partial charge on any atom is 0.0389 e. The first-order chi connectivity index (χ1) is 8.11. The Morgan fingerprint density at radius 1 is 1.41 bits per heavy atom. The molecule has 3 nitrogen and oxygen atoms in total. The van der Waals surface area contributed by atoms with Gasteiger partial charge in [-0.05, 0) is 31.7 Å². The largest absolute Gasteiger partial charge is 0.366 e. The van der Waals surface area contributed by atoms with Gasteiger partial charge in [0.05, 0.1) is 0 Å². The van der Waals surface area contributed by atoms with Crippen molar-refractivity contribution in [1.29, 1.82) is 0 Å². The molecule has 17 heavy (non-hydrogen) atoms. The average Bonchev–Trinajstić information content (AvgIpc) is 2.29. The normalized spacial score (nSPS) is 21.9. The molecule has 0 amide bonds. The molecule has 0 radical (unpaired) electrons. The van der Waals surface area contributed by atoms with Crippen molar-refractivity contribution in [1.82, 2.24) is 4.90 Å². The standard InChI is InChI=1S/C13H20BrN3/c1-10-9-16(2)5-6-17(10)12-4-3-11(8-15)13(14)7-12/h3-4,7,10H,5-6,8-9,15H2,1-2H3. The molecule has 1 aromatic carbocycles. The molecule has 1 atom stereocenters. The third-order valence-electron chi connectivity index (χ3n) is 3.42. The minimum atomic E-state index is 0.560. The summed E-state index contributed by atoms with van der Waals surface area (Å²) in [5.41, 5.74) is 8.12. The van der Waals surface area contributed by atoms with Crippen LogP contribution in [0.15, 0.2) is 22.7 Å². The fourth-order valence-electron chi connectivity index (χ4n) is 2.40. The number of benzene rings is 1. The van der Waals surface area contributed by atoms with Crippen LogP contribution < -0.4 is 10.6 Å². The highest BCUT2D eigenvalue weighted by atomic mass is 79.9. The zero-order valence-electron chi connectivity index (χ0n) is 10.5. The van der Waals surface area contributed by atoms with Gasteiger partial charge in [0.2, 0.25) is 0 Å². The van der Waals surface area contributed by atoms with Crippen LogP contribution in [0.5, 0.6) is 0 Å². The molecule has 4 heteroatoms. The molecule has 94 valence electrons. The third-order valence-corrected chi connectivity index (χ3v) is 4.16. The molecule has 1 aromatic rings. The van der Waals surface area contributed by atoms with Gasteiger partial charge in [-0.15, -0.1) is 0 Å². The molecule has 1 heterocycles. The van der Waals surface area contributed by atoms with E-state index in [9.17, 15) is 0 Å². The molecule has 1 aliphatic heterocycles. The van der Waals surface area contributed by atoms with E-state index in [0.29, 0.717) is 12.6 Å². The number of piperazine rings is 1. The van der Waals surface area contributed by atoms with E-state index in [1.807, 2.05) is 0 Å². The van der Waals surface area contributed by atoms with Crippen LogP contribution in [0.3, 0.4) is 0 Å². The first-order valence-electron chi connectivity index (χ1n) is 6.05. The Morgan fingerprint density at radius 3 is 2.76 bits per heavy atom. The molecule has 1 fully saturated rings. The number of nitrogens with zero attached hydrogens (tertiary/aromatic N) is 2. The third kappa shape index (κ3) is 2.81. The number of halogens is 1. The zero-order chi connectivity index (χ0) is 12.4. The molecule has 1 saturated heterocycles. The summed E-state index contributed by atoms with van der Waals surface area (Å²) in [6.45, 7) is 6.20. The smallest absolute Gasteiger partial charge is 0.0389 e. The molecule has 2 rings (SSSR count). The maximum atomic E-state index is 5.67. The van der Waals surface area contributed by atoms with Crippen LogP contribution in [0.1, 0.15) is 12.5 Å². The van der Waals surface area contributed by atoms with Crippen LogP contribution in [-0.4, -0.2) is 37.6 Å². The second-order valence-corrected chi connectivity index (χ2v) is 5.64. The van der Waals surface area contributed by atoms with Crippen molar-refractivity contribution in [2.75, 3.05) is 31.6 Å². The lowest BCUT2D eigenvalue weighted by Gasteiger charge is -2.40. The van der Waals surface area contributed by atoms with E-state index in [4.69, 9.17) is 5.73 Å². The first kappa shape index (κ1) is 12.9. The van der Waals surface area contributed by atoms with Crippen LogP contribution in [0.4, 0.5) is 5.69 Å². The monoisotopic (exact) mass is 297 g/mol. The molecule has 2 N–H and O–H groups in total. The molecule has 1 unspecified atom stereocenters. The molecule has 0 aromatic heterocycles. The predicted molar refractivity (Wildman–Crippen MR) is 76.3 cm³/mol. The van der Waals surface area contributed by atoms with E-state index in [0.717, 1.165) is 29.7 Å². The van der Waals surface area contributed by atoms with E-state index in [1.165, 1.54) is 5.69 Å². The molecule has 0 spiro atoms. The van der Waals surface area contributed by atoms with Crippen LogP contribution in [0, 0.1) is 0 Å². The Balaban J connectivity index is 2.19. The minimum Gasteiger partial charge on any atom is -0.366 e. The highest BCUT2D eigenvalue weighted by molar-refractivity contribution is 9.10. The summed E-state index contributed by atoms with van der Waals surface area (Å²) >= 11 is 3.59. The van der Waals surface area contributed by atoms with Crippen molar-refractivity contribution in [2.24, 2.45) is 5.73 Å². The Morgan fingerprint density at radius 2 is 2.18 bits per heavy atom. The van der Waals surface area contributed by atoms with Crippen LogP contribution in [-0.2, 0) is 6.54 Å². The summed E-state index contributed by atoms with van der Waals surface area (Å²) in [7, 11) is 2.18. The fraction of sp³-hybridized carbons (Fsp3) is 0.538. The maximum absolute atomic E-state index is 5.67. The molecular weight excluding hydrogens is 278 g/mol. The quantitative estimate of drug-likeness (QED) is 0.907. The summed E-state index contributed by atoms with van der Waals surface area (Å²) in [4.78, 5) is 4.84. The van der Waals surface area contributed by atoms with Gasteiger partial charge in [-0.25, -0.2) is 0 Å². The van der Waals surface area contributed by atoms with E-state index in [2.05, 4.69) is 57.9 Å². The molecule has 0 saturated carbocycles. The van der Waals surface area contributed by atoms with Crippen molar-refractivity contribution in [3.8, 4) is 0 Å². The molecule has 1 aliphatic rings. The van der Waals surface area contributed by atoms with Gasteiger partial charge >= 0.3 is 0 Å². The van der Waals surface area contributed by atoms with Gasteiger partial charge in [-0.3, -0.25) is 0 Å². The Kier molecular flexibility index (Phi) is 4.07.